The number of anilines is 2. The summed E-state index contributed by atoms with van der Waals surface area (Å²) in [4.78, 5) is 59.4. The lowest BCUT2D eigenvalue weighted by molar-refractivity contribution is -0.134. The minimum atomic E-state index is -0.713. The van der Waals surface area contributed by atoms with E-state index in [0.717, 1.165) is 51.0 Å². The number of hydrogen-bond acceptors (Lipinski definition) is 13. The van der Waals surface area contributed by atoms with Gasteiger partial charge >= 0.3 is 0 Å². The van der Waals surface area contributed by atoms with E-state index >= 15 is 4.39 Å². The number of fused-ring (bicyclic) bond motifs is 1. The molecule has 3 fully saturated rings. The Kier molecular flexibility index (Phi) is 12.8. The molecule has 0 radical (unpaired) electrons. The summed E-state index contributed by atoms with van der Waals surface area (Å²) in [7, 11) is 1.88. The number of likely N-dealkylation sites (tertiary alicyclic amines) is 2. The number of amides is 3. The number of ether oxygens (including phenoxy) is 1. The number of imide groups is 1. The number of aromatic nitrogens is 4. The molecule has 3 aromatic carbocycles. The smallest absolute Gasteiger partial charge is 0.266 e. The zero-order valence-corrected chi connectivity index (χ0v) is 35.4. The average molecular weight is 862 g/mol. The first-order valence-corrected chi connectivity index (χ1v) is 21.6. The molecule has 3 saturated heterocycles. The normalized spacial score (nSPS) is 17.9. The maximum Gasteiger partial charge on any atom is 0.266 e. The maximum atomic E-state index is 15.0. The van der Waals surface area contributed by atoms with Crippen LogP contribution in [0.3, 0.4) is 0 Å². The Labute approximate surface area is 362 Å². The first kappa shape index (κ1) is 42.4. The van der Waals surface area contributed by atoms with E-state index in [1.807, 2.05) is 52.3 Å². The quantitative estimate of drug-likeness (QED) is 0.0988. The molecule has 62 heavy (non-hydrogen) atoms. The van der Waals surface area contributed by atoms with Crippen molar-refractivity contribution >= 4 is 52.1 Å². The molecule has 2 aromatic heterocycles. The van der Waals surface area contributed by atoms with Crippen molar-refractivity contribution in [3.8, 4) is 23.3 Å². The maximum absolute atomic E-state index is 15.0. The van der Waals surface area contributed by atoms with Crippen molar-refractivity contribution in [2.45, 2.75) is 63.5 Å². The van der Waals surface area contributed by atoms with Crippen molar-refractivity contribution in [3.05, 3.63) is 101 Å². The lowest BCUT2D eigenvalue weighted by atomic mass is 9.89. The molecule has 0 aliphatic carbocycles. The van der Waals surface area contributed by atoms with Gasteiger partial charge in [-0.25, -0.2) is 13.7 Å². The van der Waals surface area contributed by atoms with Gasteiger partial charge in [-0.1, -0.05) is 19.1 Å². The van der Waals surface area contributed by atoms with Gasteiger partial charge in [-0.05, 0) is 93.1 Å². The van der Waals surface area contributed by atoms with Crippen LogP contribution in [-0.4, -0.2) is 104 Å². The van der Waals surface area contributed by atoms with Crippen LogP contribution < -0.4 is 25.7 Å². The van der Waals surface area contributed by atoms with Crippen LogP contribution in [0.1, 0.15) is 68.5 Å². The summed E-state index contributed by atoms with van der Waals surface area (Å²) in [5, 5.41) is 20.4. The van der Waals surface area contributed by atoms with Crippen LogP contribution in [0, 0.1) is 17.1 Å². The molecule has 5 heterocycles. The van der Waals surface area contributed by atoms with Crippen LogP contribution in [0.25, 0.3) is 16.6 Å². The van der Waals surface area contributed by atoms with Crippen LogP contribution >= 0.6 is 12.1 Å². The lowest BCUT2D eigenvalue weighted by Crippen LogP contribution is -2.47. The Morgan fingerprint density at radius 3 is 2.53 bits per heavy atom. The second-order valence-corrected chi connectivity index (χ2v) is 16.9. The number of halogens is 1. The summed E-state index contributed by atoms with van der Waals surface area (Å²) in [6.45, 7) is 5.98. The molecule has 0 saturated carbocycles. The van der Waals surface area contributed by atoms with Crippen molar-refractivity contribution in [3.63, 3.8) is 0 Å². The molecule has 3 amide bonds. The Morgan fingerprint density at radius 2 is 1.81 bits per heavy atom. The highest BCUT2D eigenvalue weighted by atomic mass is 32.2. The third kappa shape index (κ3) is 9.44. The average Bonchev–Trinajstić information content (AvgIpc) is 3.78. The number of rotatable bonds is 13. The van der Waals surface area contributed by atoms with E-state index in [4.69, 9.17) is 4.74 Å². The minimum absolute atomic E-state index is 0.00367. The summed E-state index contributed by atoms with van der Waals surface area (Å²) in [5.41, 5.74) is 3.06. The molecule has 3 aliphatic rings. The van der Waals surface area contributed by atoms with Crippen LogP contribution in [0.5, 0.6) is 11.5 Å². The van der Waals surface area contributed by atoms with Crippen molar-refractivity contribution in [1.29, 1.82) is 5.26 Å². The Morgan fingerprint density at radius 1 is 1.03 bits per heavy atom. The van der Waals surface area contributed by atoms with Gasteiger partial charge in [0.05, 0.1) is 41.1 Å². The van der Waals surface area contributed by atoms with Crippen molar-refractivity contribution in [2.24, 2.45) is 0 Å². The second kappa shape index (κ2) is 18.8. The number of hydrogen-bond donors (Lipinski definition) is 3. The summed E-state index contributed by atoms with van der Waals surface area (Å²) < 4.78 is 29.2. The number of nitriles is 1. The van der Waals surface area contributed by atoms with Gasteiger partial charge in [0.1, 0.15) is 29.8 Å². The van der Waals surface area contributed by atoms with Gasteiger partial charge in [-0.3, -0.25) is 38.6 Å². The fraction of sp³-hybridized carbons (Fsp3) is 0.386. The Bertz CT molecular complexity index is 2560. The van der Waals surface area contributed by atoms with E-state index in [2.05, 4.69) is 42.5 Å². The predicted octanol–water partition coefficient (Wildman–Crippen LogP) is 5.57. The molecule has 3 aliphatic heterocycles. The van der Waals surface area contributed by atoms with Gasteiger partial charge in [-0.15, -0.1) is 0 Å². The molecule has 16 nitrogen and oxygen atoms in total. The van der Waals surface area contributed by atoms with Crippen molar-refractivity contribution < 1.29 is 23.5 Å². The topological polar surface area (TPSA) is 183 Å². The summed E-state index contributed by atoms with van der Waals surface area (Å²) >= 11 is 1.27. The summed E-state index contributed by atoms with van der Waals surface area (Å²) in [6, 6.07) is 17.2. The van der Waals surface area contributed by atoms with E-state index in [1.165, 1.54) is 46.8 Å². The van der Waals surface area contributed by atoms with Crippen LogP contribution in [0.4, 0.5) is 15.8 Å². The second-order valence-electron chi connectivity index (χ2n) is 15.9. The zero-order chi connectivity index (χ0) is 43.3. The number of carbonyl (C=O) groups excluding carboxylic acids is 3. The van der Waals surface area contributed by atoms with Gasteiger partial charge in [-0.2, -0.15) is 10.4 Å². The molecule has 18 heteroatoms. The zero-order valence-electron chi connectivity index (χ0n) is 34.6. The molecule has 0 spiro atoms. The lowest BCUT2D eigenvalue weighted by Gasteiger charge is -2.36. The molecular weight excluding hydrogens is 814 g/mol. The summed E-state index contributed by atoms with van der Waals surface area (Å²) in [5.74, 6) is -0.823. The third-order valence-electron chi connectivity index (χ3n) is 11.9. The van der Waals surface area contributed by atoms with E-state index in [1.54, 1.807) is 18.3 Å². The SMILES string of the molecule is CCN(C)SNc1ccc(F)c(Oc2ccc3ncn(-c4cnn(C5CCN(CC(=O)N6CCC(c7ccc(NC8CCC(=O)NC8=O)cc7)CC6)CC5)c4)c(=O)c3c2)c1C#N. The molecule has 1 atom stereocenters. The van der Waals surface area contributed by atoms with Crippen LogP contribution in [0.2, 0.25) is 0 Å². The third-order valence-corrected chi connectivity index (χ3v) is 12.8. The molecule has 1 unspecified atom stereocenters. The molecular formula is C44H48FN11O5S. The number of nitrogens with one attached hydrogen (secondary N) is 3. The number of carbonyl (C=O) groups is 3. The fourth-order valence-corrected chi connectivity index (χ4v) is 8.70. The number of nitrogens with zero attached hydrogens (tertiary/aromatic N) is 8. The minimum Gasteiger partial charge on any atom is -0.453 e. The molecule has 322 valence electrons. The Balaban J connectivity index is 0.835. The summed E-state index contributed by atoms with van der Waals surface area (Å²) in [6.07, 6.45) is 9.06. The predicted molar refractivity (Wildman–Crippen MR) is 233 cm³/mol. The van der Waals surface area contributed by atoms with Gasteiger partial charge in [0, 0.05) is 63.2 Å². The van der Waals surface area contributed by atoms with Crippen molar-refractivity contribution in [1.82, 2.24) is 38.8 Å². The first-order valence-electron chi connectivity index (χ1n) is 20.9. The van der Waals surface area contributed by atoms with Gasteiger partial charge in [0.2, 0.25) is 17.7 Å². The molecule has 3 N–H and O–H groups in total. The Hall–Kier alpha value is -6.29. The standard InChI is InChI=1S/C44H48FN11O5S/c1-3-52(2)62-51-38-11-9-36(45)42(35(38)23-46)61-33-8-10-37-34(22-33)44(60)55(27-47-37)32-24-48-56(25-32)31-16-18-53(19-17-31)26-41(58)54-20-14-29(15-21-54)28-4-6-30(7-5-28)49-39-12-13-40(57)50-43(39)59/h4-11,22,24-25,27,29,31,39,49,51H,3,12-21,26H2,1-2H3,(H,50,57,59). The highest BCUT2D eigenvalue weighted by Crippen LogP contribution is 2.35. The van der Waals surface area contributed by atoms with Crippen LogP contribution in [0.15, 0.2) is 78.1 Å². The van der Waals surface area contributed by atoms with Gasteiger partial charge in [0.25, 0.3) is 5.56 Å². The van der Waals surface area contributed by atoms with E-state index < -0.39 is 11.9 Å². The fourth-order valence-electron chi connectivity index (χ4n) is 8.14. The van der Waals surface area contributed by atoms with E-state index in [9.17, 15) is 24.4 Å². The van der Waals surface area contributed by atoms with Crippen molar-refractivity contribution in [2.75, 3.05) is 56.4 Å². The molecule has 8 rings (SSSR count). The highest BCUT2D eigenvalue weighted by molar-refractivity contribution is 7.98. The molecule has 5 aromatic rings. The number of piperidine rings is 3. The first-order chi connectivity index (χ1) is 30.1. The van der Waals surface area contributed by atoms with E-state index in [-0.39, 0.29) is 51.8 Å². The van der Waals surface area contributed by atoms with Gasteiger partial charge < -0.3 is 19.7 Å². The van der Waals surface area contributed by atoms with Gasteiger partial charge in [0.15, 0.2) is 11.6 Å². The molecule has 0 bridgehead atoms. The largest absolute Gasteiger partial charge is 0.453 e. The van der Waals surface area contributed by atoms with Crippen LogP contribution in [-0.2, 0) is 14.4 Å². The monoisotopic (exact) mass is 861 g/mol. The number of benzene rings is 3. The highest BCUT2D eigenvalue weighted by Gasteiger charge is 2.29. The van der Waals surface area contributed by atoms with E-state index in [0.29, 0.717) is 55.3 Å².